The molecule has 0 saturated carbocycles. The van der Waals surface area contributed by atoms with Crippen molar-refractivity contribution in [1.82, 2.24) is 39.2 Å². The van der Waals surface area contributed by atoms with E-state index in [-0.39, 0.29) is 42.1 Å². The lowest BCUT2D eigenvalue weighted by Gasteiger charge is -2.31. The lowest BCUT2D eigenvalue weighted by Crippen LogP contribution is -2.52. The van der Waals surface area contributed by atoms with E-state index in [9.17, 15) is 19.8 Å². The number of aliphatic hydroxyl groups excluding tert-OH is 1. The SMILES string of the molecule is COc1nc(-c2cccc(-c3cccc(N=c4nc(C)nc5n(C)c(=O)n(C)c([O-])c4-5)c3Cl)c2Cl)cc2c1[C@H](N1CC[C@](C)(NC(=O)N(C)CCO)C1)CC2. The first-order valence-electron chi connectivity index (χ1n) is 17.9. The zero-order chi connectivity index (χ0) is 39.3. The highest BCUT2D eigenvalue weighted by Gasteiger charge is 2.42. The molecule has 0 radical (unpaired) electrons. The van der Waals surface area contributed by atoms with Crippen LogP contribution in [-0.2, 0) is 20.5 Å². The van der Waals surface area contributed by atoms with Crippen molar-refractivity contribution < 1.29 is 19.7 Å². The van der Waals surface area contributed by atoms with Gasteiger partial charge in [-0.1, -0.05) is 53.5 Å². The van der Waals surface area contributed by atoms with Gasteiger partial charge in [-0.3, -0.25) is 9.47 Å². The van der Waals surface area contributed by atoms with E-state index in [1.54, 1.807) is 40.3 Å². The number of benzene rings is 2. The standard InChI is InChI=1S/C39H43Cl2N9O5/c1-21-42-33(30-34(43-21)48(4)38(54)49(5)36(30)52)44-26-12-8-10-24(32(26)41)23-9-7-11-25(31(23)40)27-19-22-13-14-28(29(22)35(45-27)55-6)50-16-15-39(2,20-50)46-37(53)47(3)17-18-51/h7-12,19,28,51-52H,13-18,20H2,1-6H3,(H,46,53)/p-1/t28-,39+/m1/s1. The van der Waals surface area contributed by atoms with Crippen molar-refractivity contribution in [2.45, 2.75) is 44.7 Å². The van der Waals surface area contributed by atoms with Gasteiger partial charge in [0.15, 0.2) is 11.3 Å². The van der Waals surface area contributed by atoms with Gasteiger partial charge in [0.25, 0.3) is 0 Å². The van der Waals surface area contributed by atoms with Gasteiger partial charge < -0.3 is 29.7 Å². The average molecular weight is 788 g/mol. The number of hydrogen-bond donors (Lipinski definition) is 2. The number of carbonyl (C=O) groups is 1. The van der Waals surface area contributed by atoms with Gasteiger partial charge in [0.05, 0.1) is 46.2 Å². The van der Waals surface area contributed by atoms with Gasteiger partial charge in [-0.25, -0.2) is 29.5 Å². The summed E-state index contributed by atoms with van der Waals surface area (Å²) in [5, 5.41) is 26.4. The number of nitrogens with one attached hydrogen (secondary N) is 1. The lowest BCUT2D eigenvalue weighted by atomic mass is 9.99. The molecule has 4 aliphatic rings. The van der Waals surface area contributed by atoms with Crippen molar-refractivity contribution >= 4 is 34.9 Å². The minimum atomic E-state index is -0.561. The van der Waals surface area contributed by atoms with Gasteiger partial charge in [0, 0.05) is 69.1 Å². The molecule has 1 fully saturated rings. The van der Waals surface area contributed by atoms with Gasteiger partial charge in [-0.05, 0) is 56.7 Å². The molecule has 0 bridgehead atoms. The van der Waals surface area contributed by atoms with Crippen LogP contribution in [0.15, 0.2) is 52.3 Å². The summed E-state index contributed by atoms with van der Waals surface area (Å²) in [5.74, 6) is 0.490. The predicted octanol–water partition coefficient (Wildman–Crippen LogP) is 4.36. The summed E-state index contributed by atoms with van der Waals surface area (Å²) in [6.45, 7) is 5.37. The number of amides is 2. The third kappa shape index (κ3) is 6.92. The average Bonchev–Trinajstić information content (AvgIpc) is 3.77. The van der Waals surface area contributed by atoms with Gasteiger partial charge in [-0.2, -0.15) is 0 Å². The highest BCUT2D eigenvalue weighted by molar-refractivity contribution is 6.39. The van der Waals surface area contributed by atoms with Gasteiger partial charge in [0.1, 0.15) is 5.82 Å². The number of aliphatic hydroxyl groups is 1. The lowest BCUT2D eigenvalue weighted by molar-refractivity contribution is -0.278. The maximum absolute atomic E-state index is 13.2. The summed E-state index contributed by atoms with van der Waals surface area (Å²) in [4.78, 5) is 47.7. The Labute approximate surface area is 328 Å². The van der Waals surface area contributed by atoms with Crippen LogP contribution in [-0.4, -0.2) is 91.0 Å². The summed E-state index contributed by atoms with van der Waals surface area (Å²) in [7, 11) is 6.24. The zero-order valence-corrected chi connectivity index (χ0v) is 33.0. The minimum absolute atomic E-state index is 0.0772. The number of likely N-dealkylation sites (N-methyl/N-ethyl adjacent to an activating group) is 1. The molecule has 2 amide bonds. The fraction of sp³-hybridized carbons (Fsp3) is 0.385. The summed E-state index contributed by atoms with van der Waals surface area (Å²) < 4.78 is 8.22. The third-order valence-electron chi connectivity index (χ3n) is 10.6. The van der Waals surface area contributed by atoms with Crippen LogP contribution >= 0.6 is 23.2 Å². The maximum atomic E-state index is 13.2. The molecule has 3 aromatic rings. The number of aryl methyl sites for hydroxylation is 2. The van der Waals surface area contributed by atoms with E-state index in [4.69, 9.17) is 37.9 Å². The number of hydrogen-bond acceptors (Lipinski definition) is 10. The quantitative estimate of drug-likeness (QED) is 0.233. The number of nitrogens with zero attached hydrogens (tertiary/aromatic N) is 8. The molecule has 288 valence electrons. The van der Waals surface area contributed by atoms with E-state index >= 15 is 0 Å². The van der Waals surface area contributed by atoms with Crippen LogP contribution in [0.2, 0.25) is 10.0 Å². The van der Waals surface area contributed by atoms with E-state index in [2.05, 4.69) is 33.2 Å². The molecule has 2 atom stereocenters. The largest absolute Gasteiger partial charge is 0.859 e. The number of fused-ring (bicyclic) bond motifs is 2. The van der Waals surface area contributed by atoms with Crippen LogP contribution in [0.25, 0.3) is 33.8 Å². The first kappa shape index (κ1) is 38.3. The highest BCUT2D eigenvalue weighted by atomic mass is 35.5. The molecule has 0 spiro atoms. The van der Waals surface area contributed by atoms with Gasteiger partial charge in [0.2, 0.25) is 5.88 Å². The molecule has 3 aliphatic heterocycles. The Morgan fingerprint density at radius 3 is 2.55 bits per heavy atom. The summed E-state index contributed by atoms with van der Waals surface area (Å²) >= 11 is 14.2. The minimum Gasteiger partial charge on any atom is -0.859 e. The number of halogens is 2. The highest BCUT2D eigenvalue weighted by Crippen LogP contribution is 2.47. The molecule has 4 heterocycles. The molecule has 1 aromatic heterocycles. The van der Waals surface area contributed by atoms with Crippen LogP contribution in [0, 0.1) is 6.92 Å². The molecule has 1 aliphatic carbocycles. The third-order valence-corrected chi connectivity index (χ3v) is 11.4. The molecule has 14 nitrogen and oxygen atoms in total. The first-order chi connectivity index (χ1) is 26.2. The Balaban J connectivity index is 1.22. The van der Waals surface area contributed by atoms with Crippen molar-refractivity contribution in [2.24, 2.45) is 19.1 Å². The Bertz CT molecular complexity index is 2430. The maximum Gasteiger partial charge on any atom is 0.328 e. The smallest absolute Gasteiger partial charge is 0.328 e. The molecule has 0 unspecified atom stereocenters. The fourth-order valence-electron chi connectivity index (χ4n) is 7.71. The van der Waals surface area contributed by atoms with Crippen molar-refractivity contribution in [1.29, 1.82) is 0 Å². The fourth-order valence-corrected chi connectivity index (χ4v) is 8.30. The second-order valence-corrected chi connectivity index (χ2v) is 15.2. The second-order valence-electron chi connectivity index (χ2n) is 14.4. The first-order valence-corrected chi connectivity index (χ1v) is 18.7. The number of rotatable bonds is 8. The number of likely N-dealkylation sites (tertiary alicyclic amines) is 1. The van der Waals surface area contributed by atoms with Crippen LogP contribution in [0.4, 0.5) is 10.5 Å². The Kier molecular flexibility index (Phi) is 10.4. The number of pyridine rings is 1. The Hall–Kier alpha value is -5.02. The van der Waals surface area contributed by atoms with Crippen molar-refractivity contribution in [3.8, 4) is 45.5 Å². The van der Waals surface area contributed by atoms with Crippen LogP contribution in [0.5, 0.6) is 11.8 Å². The summed E-state index contributed by atoms with van der Waals surface area (Å²) in [6, 6.07) is 13.0. The van der Waals surface area contributed by atoms with Gasteiger partial charge >= 0.3 is 11.7 Å². The van der Waals surface area contributed by atoms with Crippen molar-refractivity contribution in [2.75, 3.05) is 40.4 Å². The number of aromatic nitrogens is 5. The molecular formula is C39H42Cl2N9O5-. The van der Waals surface area contributed by atoms with E-state index in [0.29, 0.717) is 56.4 Å². The topological polar surface area (TPSA) is 166 Å². The monoisotopic (exact) mass is 786 g/mol. The second kappa shape index (κ2) is 14.9. The molecule has 16 heteroatoms. The number of carbonyl (C=O) groups excluding carboxylic acids is 1. The Morgan fingerprint density at radius 2 is 1.82 bits per heavy atom. The van der Waals surface area contributed by atoms with Gasteiger partial charge in [-0.15, -0.1) is 0 Å². The molecule has 2 N–H and O–H groups in total. The van der Waals surface area contributed by atoms with Crippen LogP contribution in [0.3, 0.4) is 0 Å². The molecule has 1 saturated heterocycles. The van der Waals surface area contributed by atoms with Crippen LogP contribution < -0.4 is 26.3 Å². The van der Waals surface area contributed by atoms with E-state index in [1.165, 1.54) is 16.5 Å². The van der Waals surface area contributed by atoms with E-state index < -0.39 is 17.1 Å². The number of ether oxygens (including phenoxy) is 1. The van der Waals surface area contributed by atoms with Crippen molar-refractivity contribution in [3.63, 3.8) is 0 Å². The molecule has 2 aromatic carbocycles. The van der Waals surface area contributed by atoms with Crippen molar-refractivity contribution in [3.05, 3.63) is 85.4 Å². The normalized spacial score (nSPS) is 18.6. The number of urea groups is 1. The molecule has 55 heavy (non-hydrogen) atoms. The Morgan fingerprint density at radius 1 is 1.11 bits per heavy atom. The zero-order valence-electron chi connectivity index (χ0n) is 31.5. The molecular weight excluding hydrogens is 745 g/mol. The van der Waals surface area contributed by atoms with E-state index in [1.807, 2.05) is 24.3 Å². The van der Waals surface area contributed by atoms with E-state index in [0.717, 1.165) is 41.5 Å². The number of methoxy groups -OCH3 is 1. The molecule has 7 rings (SSSR count). The summed E-state index contributed by atoms with van der Waals surface area (Å²) in [6.07, 6.45) is 2.50. The van der Waals surface area contributed by atoms with Crippen LogP contribution in [0.1, 0.15) is 42.8 Å². The predicted molar refractivity (Wildman–Crippen MR) is 208 cm³/mol. The summed E-state index contributed by atoms with van der Waals surface area (Å²) in [5.41, 5.74) is 4.44.